The number of allylic oxidation sites excluding steroid dienone is 3. The molecule has 1 aromatic heterocycles. The highest BCUT2D eigenvalue weighted by Gasteiger charge is 2.28. The maximum atomic E-state index is 6.20. The Morgan fingerprint density at radius 1 is 0.902 bits per heavy atom. The summed E-state index contributed by atoms with van der Waals surface area (Å²) < 4.78 is 17.2. The Morgan fingerprint density at radius 2 is 1.73 bits per heavy atom. The third kappa shape index (κ3) is 6.27. The van der Waals surface area contributed by atoms with Gasteiger partial charge >= 0.3 is 0 Å². The van der Waals surface area contributed by atoms with Gasteiger partial charge in [0.2, 0.25) is 0 Å². The molecule has 1 aliphatic heterocycles. The van der Waals surface area contributed by atoms with Gasteiger partial charge in [0, 0.05) is 45.0 Å². The summed E-state index contributed by atoms with van der Waals surface area (Å²) >= 11 is 0. The van der Waals surface area contributed by atoms with E-state index < -0.39 is 0 Å². The van der Waals surface area contributed by atoms with Gasteiger partial charge < -0.3 is 19.1 Å². The lowest BCUT2D eigenvalue weighted by molar-refractivity contribution is -0.141. The number of nitrogens with zero attached hydrogens (tertiary/aromatic N) is 2. The van der Waals surface area contributed by atoms with E-state index in [1.54, 1.807) is 19.8 Å². The molecule has 1 saturated heterocycles. The number of anilines is 1. The molecule has 41 heavy (non-hydrogen) atoms. The minimum atomic E-state index is -0.123. The molecule has 5 heteroatoms. The molecule has 0 saturated carbocycles. The van der Waals surface area contributed by atoms with Crippen LogP contribution in [-0.4, -0.2) is 38.6 Å². The van der Waals surface area contributed by atoms with Crippen LogP contribution in [0.5, 0.6) is 5.75 Å². The number of hydrogen-bond donors (Lipinski definition) is 0. The molecular weight excluding hydrogens is 508 g/mol. The first-order valence-electron chi connectivity index (χ1n) is 15.2. The van der Waals surface area contributed by atoms with Gasteiger partial charge in [-0.15, -0.1) is 0 Å². The van der Waals surface area contributed by atoms with Crippen molar-refractivity contribution in [3.63, 3.8) is 0 Å². The van der Waals surface area contributed by atoms with Gasteiger partial charge in [-0.05, 0) is 109 Å². The Morgan fingerprint density at radius 3 is 2.44 bits per heavy atom. The zero-order chi connectivity index (χ0) is 28.0. The summed E-state index contributed by atoms with van der Waals surface area (Å²) in [5, 5.41) is 0. The van der Waals surface area contributed by atoms with Crippen LogP contribution in [0.15, 0.2) is 84.1 Å². The molecular formula is C36H42N2O3. The van der Waals surface area contributed by atoms with E-state index in [0.29, 0.717) is 12.5 Å². The quantitative estimate of drug-likeness (QED) is 0.255. The van der Waals surface area contributed by atoms with Crippen molar-refractivity contribution in [2.75, 3.05) is 32.2 Å². The largest absolute Gasteiger partial charge is 0.489 e. The van der Waals surface area contributed by atoms with E-state index in [9.17, 15) is 0 Å². The SMILES string of the molecule is COC(OC)C1CCN(c2ccc(C3=C(C4=CCCCC4)CCc4cc(OCc5ccccc5)ccc43)cn2)CC1. The topological polar surface area (TPSA) is 43.8 Å². The van der Waals surface area contributed by atoms with E-state index in [1.807, 2.05) is 6.07 Å². The predicted octanol–water partition coefficient (Wildman–Crippen LogP) is 7.74. The van der Waals surface area contributed by atoms with Gasteiger partial charge in [-0.2, -0.15) is 0 Å². The lowest BCUT2D eigenvalue weighted by Gasteiger charge is -2.35. The van der Waals surface area contributed by atoms with Crippen molar-refractivity contribution in [3.05, 3.63) is 106 Å². The number of rotatable bonds is 9. The molecule has 2 aromatic carbocycles. The van der Waals surface area contributed by atoms with E-state index in [4.69, 9.17) is 19.2 Å². The summed E-state index contributed by atoms with van der Waals surface area (Å²) in [5.41, 5.74) is 9.49. The van der Waals surface area contributed by atoms with Gasteiger partial charge in [0.25, 0.3) is 0 Å². The lowest BCUT2D eigenvalue weighted by Crippen LogP contribution is -2.39. The monoisotopic (exact) mass is 550 g/mol. The number of fused-ring (bicyclic) bond motifs is 1. The van der Waals surface area contributed by atoms with Crippen LogP contribution in [0.3, 0.4) is 0 Å². The minimum absolute atomic E-state index is 0.123. The zero-order valence-electron chi connectivity index (χ0n) is 24.5. The zero-order valence-corrected chi connectivity index (χ0v) is 24.5. The summed E-state index contributed by atoms with van der Waals surface area (Å²) in [7, 11) is 3.46. The molecule has 0 atom stereocenters. The first kappa shape index (κ1) is 27.7. The summed E-state index contributed by atoms with van der Waals surface area (Å²) in [6.07, 6.45) is 13.6. The standard InChI is InChI=1S/C36H42N2O3/c1-39-36(40-2)28-19-21-38(22-20-28)34-18-14-30(24-37-34)35-32(27-11-7-4-8-12-27)16-13-29-23-31(15-17-33(29)35)41-25-26-9-5-3-6-10-26/h3,5-6,9-11,14-15,17-18,23-24,28,36H,4,7-8,12-13,16,19-22,25H2,1-2H3. The third-order valence-corrected chi connectivity index (χ3v) is 8.97. The number of aromatic nitrogens is 1. The van der Waals surface area contributed by atoms with Gasteiger partial charge in [0.05, 0.1) is 0 Å². The molecule has 0 amide bonds. The molecule has 0 bridgehead atoms. The van der Waals surface area contributed by atoms with Crippen molar-refractivity contribution in [3.8, 4) is 5.75 Å². The number of pyridine rings is 1. The predicted molar refractivity (Wildman–Crippen MR) is 165 cm³/mol. The van der Waals surface area contributed by atoms with E-state index >= 15 is 0 Å². The molecule has 0 spiro atoms. The maximum Gasteiger partial charge on any atom is 0.159 e. The van der Waals surface area contributed by atoms with Crippen molar-refractivity contribution < 1.29 is 14.2 Å². The van der Waals surface area contributed by atoms with Crippen molar-refractivity contribution >= 4 is 11.4 Å². The molecule has 2 aliphatic carbocycles. The van der Waals surface area contributed by atoms with Crippen molar-refractivity contribution in [1.29, 1.82) is 0 Å². The number of aryl methyl sites for hydroxylation is 1. The molecule has 5 nitrogen and oxygen atoms in total. The molecule has 214 valence electrons. The smallest absolute Gasteiger partial charge is 0.159 e. The molecule has 1 fully saturated rings. The van der Waals surface area contributed by atoms with Crippen LogP contribution < -0.4 is 9.64 Å². The van der Waals surface area contributed by atoms with E-state index in [2.05, 4.69) is 71.8 Å². The molecule has 0 unspecified atom stereocenters. The van der Waals surface area contributed by atoms with Gasteiger partial charge in [-0.3, -0.25) is 0 Å². The average Bonchev–Trinajstić information content (AvgIpc) is 3.05. The second-order valence-electron chi connectivity index (χ2n) is 11.5. The number of piperidine rings is 1. The van der Waals surface area contributed by atoms with E-state index in [1.165, 1.54) is 59.1 Å². The number of methoxy groups -OCH3 is 2. The van der Waals surface area contributed by atoms with Crippen LogP contribution in [0.1, 0.15) is 67.2 Å². The number of hydrogen-bond acceptors (Lipinski definition) is 5. The van der Waals surface area contributed by atoms with Gasteiger partial charge in [0.15, 0.2) is 6.29 Å². The van der Waals surface area contributed by atoms with Gasteiger partial charge in [-0.1, -0.05) is 42.5 Å². The number of benzene rings is 2. The Hall–Kier alpha value is -3.41. The molecule has 0 N–H and O–H groups in total. The molecule has 3 aromatic rings. The van der Waals surface area contributed by atoms with Crippen molar-refractivity contribution in [2.45, 2.75) is 64.3 Å². The minimum Gasteiger partial charge on any atom is -0.489 e. The second-order valence-corrected chi connectivity index (χ2v) is 11.5. The summed E-state index contributed by atoms with van der Waals surface area (Å²) in [4.78, 5) is 7.40. The van der Waals surface area contributed by atoms with Crippen LogP contribution in [-0.2, 0) is 22.5 Å². The van der Waals surface area contributed by atoms with Gasteiger partial charge in [0.1, 0.15) is 18.2 Å². The summed E-state index contributed by atoms with van der Waals surface area (Å²) in [6.45, 7) is 2.52. The highest BCUT2D eigenvalue weighted by atomic mass is 16.7. The third-order valence-electron chi connectivity index (χ3n) is 8.97. The van der Waals surface area contributed by atoms with Crippen LogP contribution in [0.25, 0.3) is 5.57 Å². The van der Waals surface area contributed by atoms with Crippen LogP contribution in [0, 0.1) is 5.92 Å². The molecule has 0 radical (unpaired) electrons. The Balaban J connectivity index is 1.25. The van der Waals surface area contributed by atoms with E-state index in [-0.39, 0.29) is 6.29 Å². The highest BCUT2D eigenvalue weighted by molar-refractivity contribution is 5.87. The summed E-state index contributed by atoms with van der Waals surface area (Å²) in [6, 6.07) is 21.5. The second kappa shape index (κ2) is 13.1. The van der Waals surface area contributed by atoms with Crippen molar-refractivity contribution in [1.82, 2.24) is 4.98 Å². The Kier molecular flexibility index (Phi) is 8.83. The maximum absolute atomic E-state index is 6.20. The first-order chi connectivity index (χ1) is 20.2. The van der Waals surface area contributed by atoms with Crippen LogP contribution in [0.2, 0.25) is 0 Å². The highest BCUT2D eigenvalue weighted by Crippen LogP contribution is 2.42. The molecule has 3 aliphatic rings. The first-order valence-corrected chi connectivity index (χ1v) is 15.2. The van der Waals surface area contributed by atoms with Crippen molar-refractivity contribution in [2.24, 2.45) is 5.92 Å². The number of ether oxygens (including phenoxy) is 3. The fourth-order valence-corrected chi connectivity index (χ4v) is 6.76. The fraction of sp³-hybridized carbons (Fsp3) is 0.417. The lowest BCUT2D eigenvalue weighted by atomic mass is 9.77. The average molecular weight is 551 g/mol. The van der Waals surface area contributed by atoms with Crippen LogP contribution in [0.4, 0.5) is 5.82 Å². The normalized spacial score (nSPS) is 17.9. The Bertz CT molecular complexity index is 1370. The summed E-state index contributed by atoms with van der Waals surface area (Å²) in [5.74, 6) is 2.42. The van der Waals surface area contributed by atoms with E-state index in [0.717, 1.165) is 50.3 Å². The fourth-order valence-electron chi connectivity index (χ4n) is 6.76. The molecule has 6 rings (SSSR count). The molecule has 2 heterocycles. The van der Waals surface area contributed by atoms with Gasteiger partial charge in [-0.25, -0.2) is 4.98 Å². The van der Waals surface area contributed by atoms with Crippen LogP contribution >= 0.6 is 0 Å². The Labute approximate surface area is 244 Å².